The van der Waals surface area contributed by atoms with Crippen molar-refractivity contribution in [1.82, 2.24) is 15.5 Å². The van der Waals surface area contributed by atoms with E-state index in [0.29, 0.717) is 12.6 Å². The largest absolute Gasteiger partial charge is 0.352 e. The lowest BCUT2D eigenvalue weighted by Gasteiger charge is -2.38. The molecular weight excluding hydrogens is 450 g/mol. The highest BCUT2D eigenvalue weighted by molar-refractivity contribution is 6.00. The van der Waals surface area contributed by atoms with Crippen molar-refractivity contribution >= 4 is 17.9 Å². The predicted octanol–water partition coefficient (Wildman–Crippen LogP) is 4.69. The van der Waals surface area contributed by atoms with Gasteiger partial charge in [0.05, 0.1) is 6.10 Å². The fraction of sp³-hybridized carbons (Fsp3) is 0.600. The Balaban J connectivity index is 1.43. The molecule has 0 aromatic heterocycles. The first kappa shape index (κ1) is 25.2. The summed E-state index contributed by atoms with van der Waals surface area (Å²) in [5.41, 5.74) is 5.38. The van der Waals surface area contributed by atoms with Gasteiger partial charge in [0.15, 0.2) is 0 Å². The molecule has 0 saturated carbocycles. The zero-order valence-electron chi connectivity index (χ0n) is 22.7. The minimum absolute atomic E-state index is 0.0220. The number of benzene rings is 1. The van der Waals surface area contributed by atoms with Crippen LogP contribution in [0.1, 0.15) is 100 Å². The number of carbonyl (C=O) groups excluding carboxylic acids is 2. The second kappa shape index (κ2) is 9.14. The van der Waals surface area contributed by atoms with Gasteiger partial charge in [0.2, 0.25) is 5.91 Å². The van der Waals surface area contributed by atoms with Gasteiger partial charge in [-0.05, 0) is 90.3 Å². The first-order chi connectivity index (χ1) is 16.9. The number of hydrogen-bond donors (Lipinski definition) is 2. The summed E-state index contributed by atoms with van der Waals surface area (Å²) in [4.78, 5) is 29.0. The molecule has 3 aliphatic heterocycles. The Morgan fingerprint density at radius 3 is 2.78 bits per heavy atom. The van der Waals surface area contributed by atoms with E-state index in [0.717, 1.165) is 60.9 Å². The van der Waals surface area contributed by atoms with Crippen LogP contribution in [0.3, 0.4) is 0 Å². The van der Waals surface area contributed by atoms with Gasteiger partial charge in [-0.2, -0.15) is 0 Å². The zero-order chi connectivity index (χ0) is 25.8. The van der Waals surface area contributed by atoms with Gasteiger partial charge in [0.1, 0.15) is 5.72 Å². The van der Waals surface area contributed by atoms with Gasteiger partial charge in [-0.3, -0.25) is 14.5 Å². The van der Waals surface area contributed by atoms with E-state index < -0.39 is 5.72 Å². The first-order valence-corrected chi connectivity index (χ1v) is 13.6. The normalized spacial score (nSPS) is 28.0. The molecule has 4 aliphatic rings. The van der Waals surface area contributed by atoms with Crippen LogP contribution in [0.5, 0.6) is 0 Å². The lowest BCUT2D eigenvalue weighted by molar-refractivity contribution is -0.119. The van der Waals surface area contributed by atoms with Crippen LogP contribution in [0, 0.1) is 0 Å². The highest BCUT2D eigenvalue weighted by Gasteiger charge is 2.51. The van der Waals surface area contributed by atoms with Crippen LogP contribution in [0.25, 0.3) is 6.08 Å². The van der Waals surface area contributed by atoms with Crippen molar-refractivity contribution in [3.8, 4) is 0 Å². The van der Waals surface area contributed by atoms with Gasteiger partial charge in [-0.1, -0.05) is 29.9 Å². The number of allylic oxidation sites excluding steroid dienone is 1. The fourth-order valence-electron chi connectivity index (χ4n) is 6.43. The number of nitrogens with zero attached hydrogens (tertiary/aromatic N) is 1. The van der Waals surface area contributed by atoms with Gasteiger partial charge < -0.3 is 15.4 Å². The van der Waals surface area contributed by atoms with Crippen LogP contribution in [0.4, 0.5) is 0 Å². The molecule has 2 amide bonds. The molecule has 36 heavy (non-hydrogen) atoms. The van der Waals surface area contributed by atoms with E-state index in [1.807, 2.05) is 27.7 Å². The van der Waals surface area contributed by atoms with Gasteiger partial charge in [0, 0.05) is 41.7 Å². The summed E-state index contributed by atoms with van der Waals surface area (Å²) < 4.78 is 6.60. The minimum atomic E-state index is -0.722. The molecule has 1 saturated heterocycles. The molecule has 6 heteroatoms. The van der Waals surface area contributed by atoms with E-state index in [-0.39, 0.29) is 29.4 Å². The number of carbonyl (C=O) groups is 2. The summed E-state index contributed by atoms with van der Waals surface area (Å²) in [5.74, 6) is 0.115. The molecule has 1 fully saturated rings. The van der Waals surface area contributed by atoms with E-state index in [9.17, 15) is 9.59 Å². The van der Waals surface area contributed by atoms with Crippen LogP contribution in [-0.2, 0) is 16.0 Å². The molecule has 0 radical (unpaired) electrons. The molecule has 2 N–H and O–H groups in total. The zero-order valence-corrected chi connectivity index (χ0v) is 22.7. The van der Waals surface area contributed by atoms with E-state index in [1.54, 1.807) is 0 Å². The molecular formula is C30H41N3O3. The number of nitrogens with one attached hydrogen (secondary N) is 2. The third kappa shape index (κ3) is 4.66. The Kier molecular flexibility index (Phi) is 6.40. The third-order valence-electron chi connectivity index (χ3n) is 8.23. The fourth-order valence-corrected chi connectivity index (χ4v) is 6.43. The monoisotopic (exact) mass is 491 g/mol. The van der Waals surface area contributed by atoms with Crippen LogP contribution in [0.15, 0.2) is 29.4 Å². The lowest BCUT2D eigenvalue weighted by atomic mass is 9.77. The molecule has 0 bridgehead atoms. The van der Waals surface area contributed by atoms with Crippen molar-refractivity contribution in [3.63, 3.8) is 0 Å². The van der Waals surface area contributed by atoms with Crippen LogP contribution in [-0.4, -0.2) is 53.2 Å². The van der Waals surface area contributed by atoms with Gasteiger partial charge in [-0.15, -0.1) is 0 Å². The average Bonchev–Trinajstić information content (AvgIpc) is 3.13. The van der Waals surface area contributed by atoms with E-state index >= 15 is 0 Å². The summed E-state index contributed by atoms with van der Waals surface area (Å²) in [6, 6.07) is 4.69. The second-order valence-electron chi connectivity index (χ2n) is 12.4. The van der Waals surface area contributed by atoms with Crippen LogP contribution >= 0.6 is 0 Å². The second-order valence-corrected chi connectivity index (χ2v) is 12.4. The summed E-state index contributed by atoms with van der Waals surface area (Å²) in [7, 11) is 0. The third-order valence-corrected chi connectivity index (χ3v) is 8.23. The Hall–Kier alpha value is -2.44. The van der Waals surface area contributed by atoms with E-state index in [2.05, 4.69) is 53.7 Å². The van der Waals surface area contributed by atoms with E-state index in [4.69, 9.17) is 4.74 Å². The lowest BCUT2D eigenvalue weighted by Crippen LogP contribution is -2.53. The molecule has 1 aromatic carbocycles. The SMILES string of the molecule is CC(C)N1CCC(CC2CC3c4ccc5c(c4C(=O)NC3(C)O2)CCC=C5)=C(C(=O)NC(C)(C)C)C1. The topological polar surface area (TPSA) is 70.7 Å². The summed E-state index contributed by atoms with van der Waals surface area (Å²) in [6.07, 6.45) is 8.58. The molecule has 6 nitrogen and oxygen atoms in total. The van der Waals surface area contributed by atoms with Crippen molar-refractivity contribution in [2.24, 2.45) is 0 Å². The Morgan fingerprint density at radius 1 is 1.28 bits per heavy atom. The Labute approximate surface area is 215 Å². The van der Waals surface area contributed by atoms with Crippen molar-refractivity contribution < 1.29 is 14.3 Å². The molecule has 1 aromatic rings. The van der Waals surface area contributed by atoms with Crippen LogP contribution in [0.2, 0.25) is 0 Å². The average molecular weight is 492 g/mol. The summed E-state index contributed by atoms with van der Waals surface area (Å²) in [6.45, 7) is 14.1. The smallest absolute Gasteiger partial charge is 0.254 e. The number of fused-ring (bicyclic) bond motifs is 5. The quantitative estimate of drug-likeness (QED) is 0.641. The highest BCUT2D eigenvalue weighted by atomic mass is 16.5. The Bertz CT molecular complexity index is 1140. The molecule has 5 rings (SSSR count). The Morgan fingerprint density at radius 2 is 2.06 bits per heavy atom. The molecule has 194 valence electrons. The molecule has 1 aliphatic carbocycles. The molecule has 3 heterocycles. The first-order valence-electron chi connectivity index (χ1n) is 13.6. The minimum Gasteiger partial charge on any atom is -0.352 e. The van der Waals surface area contributed by atoms with Crippen molar-refractivity contribution in [2.45, 2.75) is 103 Å². The van der Waals surface area contributed by atoms with Gasteiger partial charge in [0.25, 0.3) is 5.91 Å². The van der Waals surface area contributed by atoms with Crippen LogP contribution < -0.4 is 10.6 Å². The molecule has 3 unspecified atom stereocenters. The maximum atomic E-state index is 13.3. The molecule has 0 spiro atoms. The standard InChI is InChI=1S/C30H41N3O3/c1-18(2)33-14-13-20(24(17-33)27(34)31-29(3,4)5)15-21-16-25-23-12-11-19-9-7-8-10-22(19)26(23)28(35)32-30(25,6)36-21/h7,9,11-12,18,21,25H,8,10,13-17H2,1-6H3,(H,31,34)(H,32,35). The van der Waals surface area contributed by atoms with Crippen molar-refractivity contribution in [3.05, 3.63) is 51.6 Å². The summed E-state index contributed by atoms with van der Waals surface area (Å²) >= 11 is 0. The van der Waals surface area contributed by atoms with Crippen molar-refractivity contribution in [2.75, 3.05) is 13.1 Å². The van der Waals surface area contributed by atoms with E-state index in [1.165, 1.54) is 11.1 Å². The molecule has 3 atom stereocenters. The summed E-state index contributed by atoms with van der Waals surface area (Å²) in [5, 5.41) is 6.41. The van der Waals surface area contributed by atoms with Gasteiger partial charge in [-0.25, -0.2) is 0 Å². The van der Waals surface area contributed by atoms with Crippen molar-refractivity contribution in [1.29, 1.82) is 0 Å². The maximum absolute atomic E-state index is 13.3. The number of amides is 2. The number of ether oxygens (including phenoxy) is 1. The van der Waals surface area contributed by atoms with Gasteiger partial charge >= 0.3 is 0 Å². The predicted molar refractivity (Wildman–Crippen MR) is 143 cm³/mol. The number of hydrogen-bond acceptors (Lipinski definition) is 4. The highest BCUT2D eigenvalue weighted by Crippen LogP contribution is 2.48. The maximum Gasteiger partial charge on any atom is 0.254 e. The number of rotatable bonds is 4.